The van der Waals surface area contributed by atoms with Crippen LogP contribution in [0.5, 0.6) is 5.75 Å². The minimum atomic E-state index is -0.238. The van der Waals surface area contributed by atoms with Crippen LogP contribution in [0.25, 0.3) is 5.65 Å². The predicted molar refractivity (Wildman–Crippen MR) is 76.5 cm³/mol. The average molecular weight is 288 g/mol. The molecule has 0 saturated heterocycles. The van der Waals surface area contributed by atoms with Gasteiger partial charge in [0.2, 0.25) is 0 Å². The molecule has 0 fully saturated rings. The van der Waals surface area contributed by atoms with Crippen molar-refractivity contribution in [3.05, 3.63) is 41.3 Å². The molecule has 7 heteroatoms. The molecule has 20 heavy (non-hydrogen) atoms. The standard InChI is InChI=1S/C13H12N4O2S/c1-8-10(12(18)16-13-14-5-7-20-13)17-6-3-4-9(19-2)11(17)15-8/h3-7H,1-2H3,(H,14,16,18). The van der Waals surface area contributed by atoms with Crippen molar-refractivity contribution < 1.29 is 9.53 Å². The number of nitrogens with one attached hydrogen (secondary N) is 1. The second kappa shape index (κ2) is 4.93. The third-order valence-corrected chi connectivity index (χ3v) is 3.56. The smallest absolute Gasteiger partial charge is 0.276 e. The van der Waals surface area contributed by atoms with Crippen molar-refractivity contribution in [2.45, 2.75) is 6.92 Å². The van der Waals surface area contributed by atoms with Crippen molar-refractivity contribution in [1.29, 1.82) is 0 Å². The number of thiazole rings is 1. The van der Waals surface area contributed by atoms with Gasteiger partial charge in [0.1, 0.15) is 5.69 Å². The summed E-state index contributed by atoms with van der Waals surface area (Å²) in [7, 11) is 1.58. The van der Waals surface area contributed by atoms with Crippen molar-refractivity contribution in [2.75, 3.05) is 12.4 Å². The zero-order valence-corrected chi connectivity index (χ0v) is 11.8. The van der Waals surface area contributed by atoms with Crippen molar-refractivity contribution in [3.63, 3.8) is 0 Å². The average Bonchev–Trinajstić information content (AvgIpc) is 3.04. The molecule has 0 unspecified atom stereocenters. The van der Waals surface area contributed by atoms with Crippen LogP contribution in [0, 0.1) is 6.92 Å². The summed E-state index contributed by atoms with van der Waals surface area (Å²) in [5.74, 6) is 0.391. The Morgan fingerprint density at radius 2 is 2.35 bits per heavy atom. The normalized spacial score (nSPS) is 10.7. The SMILES string of the molecule is COc1cccn2c(C(=O)Nc3nccs3)c(C)nc12. The lowest BCUT2D eigenvalue weighted by Gasteiger charge is -2.04. The number of fused-ring (bicyclic) bond motifs is 1. The molecule has 3 rings (SSSR count). The first-order valence-electron chi connectivity index (χ1n) is 5.93. The topological polar surface area (TPSA) is 68.5 Å². The molecule has 3 heterocycles. The number of pyridine rings is 1. The fraction of sp³-hybridized carbons (Fsp3) is 0.154. The second-order valence-corrected chi connectivity index (χ2v) is 5.00. The molecule has 0 spiro atoms. The Morgan fingerprint density at radius 1 is 1.50 bits per heavy atom. The number of nitrogens with zero attached hydrogens (tertiary/aromatic N) is 3. The Bertz CT molecular complexity index is 764. The molecule has 102 valence electrons. The number of hydrogen-bond donors (Lipinski definition) is 1. The Labute approximate surface area is 119 Å². The molecule has 6 nitrogen and oxygen atoms in total. The molecule has 3 aromatic heterocycles. The first-order chi connectivity index (χ1) is 9.70. The molecular formula is C13H12N4O2S. The summed E-state index contributed by atoms with van der Waals surface area (Å²) in [5.41, 5.74) is 1.74. The zero-order valence-electron chi connectivity index (χ0n) is 11.0. The number of aryl methyl sites for hydroxylation is 1. The summed E-state index contributed by atoms with van der Waals surface area (Å²) in [4.78, 5) is 20.8. The van der Waals surface area contributed by atoms with Gasteiger partial charge >= 0.3 is 0 Å². The summed E-state index contributed by atoms with van der Waals surface area (Å²) < 4.78 is 6.98. The van der Waals surface area contributed by atoms with Gasteiger partial charge in [-0.2, -0.15) is 0 Å². The number of ether oxygens (including phenoxy) is 1. The van der Waals surface area contributed by atoms with Crippen molar-refractivity contribution in [3.8, 4) is 5.75 Å². The minimum Gasteiger partial charge on any atom is -0.493 e. The van der Waals surface area contributed by atoms with Crippen LogP contribution >= 0.6 is 11.3 Å². The van der Waals surface area contributed by atoms with Gasteiger partial charge in [0.15, 0.2) is 16.5 Å². The highest BCUT2D eigenvalue weighted by Gasteiger charge is 2.19. The molecule has 0 bridgehead atoms. The van der Waals surface area contributed by atoms with E-state index in [1.807, 2.05) is 12.1 Å². The van der Waals surface area contributed by atoms with Gasteiger partial charge < -0.3 is 4.74 Å². The quantitative estimate of drug-likeness (QED) is 0.803. The van der Waals surface area contributed by atoms with Crippen LogP contribution in [0.3, 0.4) is 0 Å². The molecule has 0 aliphatic rings. The van der Waals surface area contributed by atoms with Crippen LogP contribution in [-0.4, -0.2) is 27.4 Å². The number of hydrogen-bond acceptors (Lipinski definition) is 5. The predicted octanol–water partition coefficient (Wildman–Crippen LogP) is 2.36. The fourth-order valence-corrected chi connectivity index (χ4v) is 2.55. The number of methoxy groups -OCH3 is 1. The summed E-state index contributed by atoms with van der Waals surface area (Å²) >= 11 is 1.37. The molecule has 1 N–H and O–H groups in total. The van der Waals surface area contributed by atoms with Gasteiger partial charge in [-0.25, -0.2) is 9.97 Å². The number of anilines is 1. The molecule has 0 atom stereocenters. The van der Waals surface area contributed by atoms with E-state index in [0.29, 0.717) is 27.9 Å². The van der Waals surface area contributed by atoms with Crippen molar-refractivity contribution in [1.82, 2.24) is 14.4 Å². The number of carbonyl (C=O) groups excluding carboxylic acids is 1. The number of aromatic nitrogens is 3. The van der Waals surface area contributed by atoms with Crippen LogP contribution in [0.1, 0.15) is 16.2 Å². The Balaban J connectivity index is 2.07. The maximum Gasteiger partial charge on any atom is 0.276 e. The van der Waals surface area contributed by atoms with Crippen LogP contribution in [0.15, 0.2) is 29.9 Å². The van der Waals surface area contributed by atoms with Gasteiger partial charge in [-0.1, -0.05) is 0 Å². The van der Waals surface area contributed by atoms with Gasteiger partial charge in [-0.3, -0.25) is 14.5 Å². The molecule has 0 aromatic carbocycles. The summed E-state index contributed by atoms with van der Waals surface area (Å²) in [5, 5.41) is 5.13. The van der Waals surface area contributed by atoms with E-state index in [2.05, 4.69) is 15.3 Å². The maximum absolute atomic E-state index is 12.4. The highest BCUT2D eigenvalue weighted by molar-refractivity contribution is 7.13. The summed E-state index contributed by atoms with van der Waals surface area (Å²) in [6.07, 6.45) is 3.43. The van der Waals surface area contributed by atoms with E-state index >= 15 is 0 Å². The van der Waals surface area contributed by atoms with Crippen LogP contribution in [0.4, 0.5) is 5.13 Å². The van der Waals surface area contributed by atoms with Crippen molar-refractivity contribution >= 4 is 28.0 Å². The number of imidazole rings is 1. The van der Waals surface area contributed by atoms with Gasteiger partial charge in [-0.15, -0.1) is 11.3 Å². The highest BCUT2D eigenvalue weighted by Crippen LogP contribution is 2.22. The van der Waals surface area contributed by atoms with E-state index in [-0.39, 0.29) is 5.91 Å². The van der Waals surface area contributed by atoms with Gasteiger partial charge in [0.05, 0.1) is 12.8 Å². The molecule has 3 aromatic rings. The van der Waals surface area contributed by atoms with E-state index in [1.165, 1.54) is 11.3 Å². The fourth-order valence-electron chi connectivity index (χ4n) is 2.03. The molecule has 1 amide bonds. The van der Waals surface area contributed by atoms with Gasteiger partial charge in [0, 0.05) is 17.8 Å². The summed E-state index contributed by atoms with van der Waals surface area (Å²) in [6.45, 7) is 1.79. The highest BCUT2D eigenvalue weighted by atomic mass is 32.1. The van der Waals surface area contributed by atoms with Crippen LogP contribution in [0.2, 0.25) is 0 Å². The molecule has 0 saturated carbocycles. The lowest BCUT2D eigenvalue weighted by molar-refractivity contribution is 0.102. The van der Waals surface area contributed by atoms with E-state index in [0.717, 1.165) is 0 Å². The van der Waals surface area contributed by atoms with E-state index in [9.17, 15) is 4.79 Å². The Hall–Kier alpha value is -2.41. The van der Waals surface area contributed by atoms with Crippen LogP contribution in [-0.2, 0) is 0 Å². The van der Waals surface area contributed by atoms with E-state index in [1.54, 1.807) is 36.2 Å². The van der Waals surface area contributed by atoms with E-state index < -0.39 is 0 Å². The largest absolute Gasteiger partial charge is 0.493 e. The summed E-state index contributed by atoms with van der Waals surface area (Å²) in [6, 6.07) is 3.62. The molecule has 0 aliphatic carbocycles. The number of carbonyl (C=O) groups is 1. The molecule has 0 aliphatic heterocycles. The first-order valence-corrected chi connectivity index (χ1v) is 6.81. The van der Waals surface area contributed by atoms with Gasteiger partial charge in [0.25, 0.3) is 5.91 Å². The molecular weight excluding hydrogens is 276 g/mol. The lowest BCUT2D eigenvalue weighted by Crippen LogP contribution is -2.15. The zero-order chi connectivity index (χ0) is 14.1. The number of rotatable bonds is 3. The van der Waals surface area contributed by atoms with E-state index in [4.69, 9.17) is 4.74 Å². The first kappa shape index (κ1) is 12.6. The second-order valence-electron chi connectivity index (χ2n) is 4.11. The lowest BCUT2D eigenvalue weighted by atomic mass is 10.3. The monoisotopic (exact) mass is 288 g/mol. The third-order valence-electron chi connectivity index (χ3n) is 2.88. The number of amides is 1. The minimum absolute atomic E-state index is 0.238. The third kappa shape index (κ3) is 2.01. The Kier molecular flexibility index (Phi) is 3.11. The Morgan fingerprint density at radius 3 is 3.05 bits per heavy atom. The van der Waals surface area contributed by atoms with Crippen LogP contribution < -0.4 is 10.1 Å². The van der Waals surface area contributed by atoms with Gasteiger partial charge in [-0.05, 0) is 19.1 Å². The molecule has 0 radical (unpaired) electrons. The maximum atomic E-state index is 12.4. The van der Waals surface area contributed by atoms with Crippen molar-refractivity contribution in [2.24, 2.45) is 0 Å².